The van der Waals surface area contributed by atoms with Gasteiger partial charge in [-0.3, -0.25) is 9.59 Å². The van der Waals surface area contributed by atoms with E-state index < -0.39 is 0 Å². The second-order valence-electron chi connectivity index (χ2n) is 5.41. The number of esters is 1. The van der Waals surface area contributed by atoms with Crippen LogP contribution in [0.3, 0.4) is 0 Å². The Kier molecular flexibility index (Phi) is 3.10. The summed E-state index contributed by atoms with van der Waals surface area (Å²) in [6.07, 6.45) is 0. The highest BCUT2D eigenvalue weighted by Gasteiger charge is 2.37. The first kappa shape index (κ1) is 14.1. The summed E-state index contributed by atoms with van der Waals surface area (Å²) < 4.78 is 7.02. The molecule has 0 radical (unpaired) electrons. The largest absolute Gasteiger partial charge is 0.424 e. The lowest BCUT2D eigenvalue weighted by Gasteiger charge is -2.09. The third-order valence-electron chi connectivity index (χ3n) is 4.08. The van der Waals surface area contributed by atoms with E-state index in [2.05, 4.69) is 0 Å². The predicted octanol–water partition coefficient (Wildman–Crippen LogP) is 2.46. The van der Waals surface area contributed by atoms with Gasteiger partial charge >= 0.3 is 5.97 Å². The van der Waals surface area contributed by atoms with Gasteiger partial charge in [0.15, 0.2) is 5.75 Å². The van der Waals surface area contributed by atoms with Gasteiger partial charge in [-0.15, -0.1) is 0 Å². The summed E-state index contributed by atoms with van der Waals surface area (Å²) in [5, 5.41) is 8.82. The van der Waals surface area contributed by atoms with Crippen LogP contribution in [0.15, 0.2) is 24.3 Å². The minimum atomic E-state index is -0.374. The smallest absolute Gasteiger partial charge is 0.320 e. The Bertz CT molecular complexity index is 838. The summed E-state index contributed by atoms with van der Waals surface area (Å²) in [5.41, 5.74) is 2.92. The van der Waals surface area contributed by atoms with Crippen LogP contribution in [0.1, 0.15) is 45.7 Å². The molecule has 0 aliphatic carbocycles. The van der Waals surface area contributed by atoms with Crippen LogP contribution in [0.25, 0.3) is 0 Å². The molecule has 2 heterocycles. The fourth-order valence-corrected chi connectivity index (χ4v) is 2.90. The molecule has 5 heteroatoms. The van der Waals surface area contributed by atoms with Crippen molar-refractivity contribution in [2.24, 2.45) is 7.05 Å². The Hall–Kier alpha value is -2.87. The van der Waals surface area contributed by atoms with Gasteiger partial charge in [-0.2, -0.15) is 5.26 Å². The van der Waals surface area contributed by atoms with Crippen molar-refractivity contribution in [2.45, 2.75) is 19.8 Å². The Morgan fingerprint density at radius 2 is 1.95 bits per heavy atom. The van der Waals surface area contributed by atoms with Gasteiger partial charge in [-0.1, -0.05) is 0 Å². The first-order chi connectivity index (χ1) is 10.5. The molecule has 0 N–H and O–H groups in total. The monoisotopic (exact) mass is 294 g/mol. The Labute approximate surface area is 127 Å². The van der Waals surface area contributed by atoms with E-state index in [4.69, 9.17) is 10.00 Å². The number of fused-ring (bicyclic) bond motifs is 1. The van der Waals surface area contributed by atoms with Gasteiger partial charge in [0, 0.05) is 18.2 Å². The lowest BCUT2D eigenvalue weighted by molar-refractivity contribution is -0.133. The van der Waals surface area contributed by atoms with Crippen LogP contribution in [-0.4, -0.2) is 16.3 Å². The standard InChI is InChI=1S/C17H14N2O3/c1-9-13(15(20)12-6-4-11(8-18)5-7-12)19(3)14-10(2)17(21)22-16(9)14/h4-7,10H,1-3H3. The van der Waals surface area contributed by atoms with Gasteiger partial charge in [0.25, 0.3) is 0 Å². The third-order valence-corrected chi connectivity index (χ3v) is 4.08. The zero-order chi connectivity index (χ0) is 16.0. The number of hydrogen-bond donors (Lipinski definition) is 0. The number of hydrogen-bond acceptors (Lipinski definition) is 4. The summed E-state index contributed by atoms with van der Waals surface area (Å²) in [4.78, 5) is 24.4. The molecular weight excluding hydrogens is 280 g/mol. The van der Waals surface area contributed by atoms with Crippen molar-refractivity contribution in [2.75, 3.05) is 0 Å². The molecule has 1 aromatic carbocycles. The van der Waals surface area contributed by atoms with Gasteiger partial charge in [-0.05, 0) is 38.1 Å². The van der Waals surface area contributed by atoms with Crippen LogP contribution in [0.2, 0.25) is 0 Å². The number of nitriles is 1. The maximum absolute atomic E-state index is 12.7. The summed E-state index contributed by atoms with van der Waals surface area (Å²) in [6.45, 7) is 3.55. The van der Waals surface area contributed by atoms with Crippen molar-refractivity contribution in [3.8, 4) is 11.8 Å². The number of nitrogens with zero attached hydrogens (tertiary/aromatic N) is 2. The van der Waals surface area contributed by atoms with Crippen LogP contribution in [-0.2, 0) is 11.8 Å². The molecule has 5 nitrogen and oxygen atoms in total. The van der Waals surface area contributed by atoms with Crippen molar-refractivity contribution in [3.05, 3.63) is 52.3 Å². The highest BCUT2D eigenvalue weighted by atomic mass is 16.5. The van der Waals surface area contributed by atoms with Crippen molar-refractivity contribution in [1.82, 2.24) is 4.57 Å². The summed E-state index contributed by atoms with van der Waals surface area (Å²) in [5.74, 6) is -0.318. The molecule has 0 amide bonds. The molecule has 110 valence electrons. The van der Waals surface area contributed by atoms with Crippen LogP contribution in [0.4, 0.5) is 0 Å². The molecule has 1 unspecified atom stereocenters. The molecule has 22 heavy (non-hydrogen) atoms. The predicted molar refractivity (Wildman–Crippen MR) is 78.8 cm³/mol. The molecule has 1 atom stereocenters. The van der Waals surface area contributed by atoms with E-state index in [9.17, 15) is 9.59 Å². The summed E-state index contributed by atoms with van der Waals surface area (Å²) in [6, 6.07) is 8.52. The van der Waals surface area contributed by atoms with Crippen LogP contribution < -0.4 is 4.74 Å². The quantitative estimate of drug-likeness (QED) is 0.630. The zero-order valence-electron chi connectivity index (χ0n) is 12.5. The first-order valence-electron chi connectivity index (χ1n) is 6.91. The molecule has 3 rings (SSSR count). The van der Waals surface area contributed by atoms with E-state index in [1.807, 2.05) is 6.07 Å². The summed E-state index contributed by atoms with van der Waals surface area (Å²) >= 11 is 0. The van der Waals surface area contributed by atoms with Gasteiger partial charge in [0.1, 0.15) is 0 Å². The van der Waals surface area contributed by atoms with E-state index in [-0.39, 0.29) is 17.7 Å². The topological polar surface area (TPSA) is 72.1 Å². The molecule has 1 aliphatic heterocycles. The molecule has 2 aromatic rings. The zero-order valence-corrected chi connectivity index (χ0v) is 12.5. The molecule has 0 fully saturated rings. The molecule has 1 aliphatic rings. The van der Waals surface area contributed by atoms with E-state index in [0.29, 0.717) is 28.1 Å². The van der Waals surface area contributed by atoms with Crippen LogP contribution in [0, 0.1) is 18.3 Å². The van der Waals surface area contributed by atoms with E-state index >= 15 is 0 Å². The maximum atomic E-state index is 12.7. The number of benzene rings is 1. The van der Waals surface area contributed by atoms with E-state index in [1.54, 1.807) is 49.7 Å². The number of carbonyl (C=O) groups is 2. The number of carbonyl (C=O) groups excluding carboxylic acids is 2. The van der Waals surface area contributed by atoms with Gasteiger partial charge in [0.05, 0.1) is 28.9 Å². The maximum Gasteiger partial charge on any atom is 0.320 e. The van der Waals surface area contributed by atoms with Crippen LogP contribution >= 0.6 is 0 Å². The lowest BCUT2D eigenvalue weighted by Crippen LogP contribution is -2.15. The molecule has 1 aromatic heterocycles. The van der Waals surface area contributed by atoms with Crippen molar-refractivity contribution < 1.29 is 14.3 Å². The minimum absolute atomic E-state index is 0.151. The Morgan fingerprint density at radius 1 is 1.32 bits per heavy atom. The molecule has 0 bridgehead atoms. The minimum Gasteiger partial charge on any atom is -0.424 e. The average molecular weight is 294 g/mol. The number of ether oxygens (including phenoxy) is 1. The fraction of sp³-hybridized carbons (Fsp3) is 0.235. The van der Waals surface area contributed by atoms with Crippen molar-refractivity contribution in [1.29, 1.82) is 5.26 Å². The first-order valence-corrected chi connectivity index (χ1v) is 6.91. The molecule has 0 spiro atoms. The van der Waals surface area contributed by atoms with Gasteiger partial charge < -0.3 is 9.30 Å². The molecule has 0 saturated heterocycles. The lowest BCUT2D eigenvalue weighted by atomic mass is 10.0. The Balaban J connectivity index is 2.08. The second kappa shape index (κ2) is 4.85. The van der Waals surface area contributed by atoms with Crippen molar-refractivity contribution >= 4 is 11.8 Å². The molecular formula is C17H14N2O3. The second-order valence-corrected chi connectivity index (χ2v) is 5.41. The Morgan fingerprint density at radius 3 is 2.50 bits per heavy atom. The van der Waals surface area contributed by atoms with Crippen LogP contribution in [0.5, 0.6) is 5.75 Å². The van der Waals surface area contributed by atoms with E-state index in [0.717, 1.165) is 5.69 Å². The number of ketones is 1. The highest BCUT2D eigenvalue weighted by Crippen LogP contribution is 2.41. The normalized spacial score (nSPS) is 16.1. The van der Waals surface area contributed by atoms with E-state index in [1.165, 1.54) is 0 Å². The number of aromatic nitrogens is 1. The molecule has 0 saturated carbocycles. The SMILES string of the molecule is Cc1c2c(n(C)c1C(=O)c1ccc(C#N)cc1)C(C)C(=O)O2. The summed E-state index contributed by atoms with van der Waals surface area (Å²) in [7, 11) is 1.77. The number of rotatable bonds is 2. The van der Waals surface area contributed by atoms with Gasteiger partial charge in [0.2, 0.25) is 5.78 Å². The van der Waals surface area contributed by atoms with Crippen molar-refractivity contribution in [3.63, 3.8) is 0 Å². The average Bonchev–Trinajstić information content (AvgIpc) is 2.95. The highest BCUT2D eigenvalue weighted by molar-refractivity contribution is 6.10. The fourth-order valence-electron chi connectivity index (χ4n) is 2.90. The van der Waals surface area contributed by atoms with Gasteiger partial charge in [-0.25, -0.2) is 0 Å². The third kappa shape index (κ3) is 1.85.